The smallest absolute Gasteiger partial charge is 0.306 e. The highest BCUT2D eigenvalue weighted by Crippen LogP contribution is 2.21. The zero-order valence-corrected chi connectivity index (χ0v) is 33.6. The number of rotatable bonds is 33. The molecule has 0 aromatic carbocycles. The molecule has 5 atom stereocenters. The van der Waals surface area contributed by atoms with Crippen LogP contribution in [0.5, 0.6) is 0 Å². The summed E-state index contributed by atoms with van der Waals surface area (Å²) in [6, 6.07) is 0. The van der Waals surface area contributed by atoms with Crippen molar-refractivity contribution < 1.29 is 43.9 Å². The summed E-state index contributed by atoms with van der Waals surface area (Å²) in [7, 11) is 0. The average molecular weight is 759 g/mol. The van der Waals surface area contributed by atoms with E-state index < -0.39 is 43.3 Å². The van der Waals surface area contributed by atoms with E-state index in [2.05, 4.69) is 86.8 Å². The van der Waals surface area contributed by atoms with Gasteiger partial charge in [-0.2, -0.15) is 0 Å². The van der Waals surface area contributed by atoms with Crippen molar-refractivity contribution in [2.75, 3.05) is 19.8 Å². The van der Waals surface area contributed by atoms with Gasteiger partial charge in [-0.05, 0) is 89.9 Å². The molecule has 0 aromatic heterocycles. The van der Waals surface area contributed by atoms with E-state index >= 15 is 0 Å². The van der Waals surface area contributed by atoms with Gasteiger partial charge in [-0.15, -0.1) is 0 Å². The Morgan fingerprint density at radius 2 is 1.07 bits per heavy atom. The number of carbonyl (C=O) groups is 2. The summed E-state index contributed by atoms with van der Waals surface area (Å²) in [5, 5.41) is 29.6. The Hall–Kier alpha value is -2.82. The maximum absolute atomic E-state index is 12.7. The van der Waals surface area contributed by atoms with Crippen LogP contribution in [0, 0.1) is 0 Å². The molecule has 0 saturated carbocycles. The molecule has 3 N–H and O–H groups in total. The van der Waals surface area contributed by atoms with Crippen LogP contribution in [0.2, 0.25) is 0 Å². The second-order valence-corrected chi connectivity index (χ2v) is 14.0. The van der Waals surface area contributed by atoms with E-state index in [4.69, 9.17) is 18.9 Å². The third-order valence-corrected chi connectivity index (χ3v) is 8.95. The zero-order valence-electron chi connectivity index (χ0n) is 33.6. The third kappa shape index (κ3) is 28.6. The normalized spacial score (nSPS) is 20.1. The Morgan fingerprint density at radius 3 is 1.54 bits per heavy atom. The van der Waals surface area contributed by atoms with Crippen LogP contribution >= 0.6 is 0 Å². The molecule has 0 radical (unpaired) electrons. The summed E-state index contributed by atoms with van der Waals surface area (Å²) in [6.07, 6.45) is 40.0. The Kier molecular flexibility index (Phi) is 32.7. The summed E-state index contributed by atoms with van der Waals surface area (Å²) in [4.78, 5) is 25.2. The lowest BCUT2D eigenvalue weighted by Crippen LogP contribution is -2.51. The van der Waals surface area contributed by atoms with Gasteiger partial charge in [0.05, 0.1) is 19.3 Å². The van der Waals surface area contributed by atoms with Gasteiger partial charge in [0, 0.05) is 19.3 Å². The van der Waals surface area contributed by atoms with Gasteiger partial charge in [-0.3, -0.25) is 9.59 Å². The van der Waals surface area contributed by atoms with Crippen molar-refractivity contribution in [1.82, 2.24) is 0 Å². The summed E-state index contributed by atoms with van der Waals surface area (Å²) in [5.41, 5.74) is 0. The molecule has 1 unspecified atom stereocenters. The highest BCUT2D eigenvalue weighted by molar-refractivity contribution is 5.70. The fraction of sp³-hybridized carbons (Fsp3) is 0.689. The van der Waals surface area contributed by atoms with Crippen LogP contribution in [0.15, 0.2) is 72.9 Å². The number of aliphatic hydroxyl groups excluding tert-OH is 3. The van der Waals surface area contributed by atoms with Crippen LogP contribution in [-0.4, -0.2) is 77.8 Å². The van der Waals surface area contributed by atoms with Crippen LogP contribution in [0.1, 0.15) is 149 Å². The van der Waals surface area contributed by atoms with Gasteiger partial charge in [-0.25, -0.2) is 0 Å². The summed E-state index contributed by atoms with van der Waals surface area (Å²) in [6.45, 7) is 3.65. The molecule has 0 bridgehead atoms. The molecular formula is C45H74O9. The van der Waals surface area contributed by atoms with Gasteiger partial charge >= 0.3 is 11.9 Å². The molecule has 1 heterocycles. The van der Waals surface area contributed by atoms with E-state index in [1.165, 1.54) is 38.5 Å². The molecule has 1 aliphatic heterocycles. The van der Waals surface area contributed by atoms with Crippen LogP contribution in [-0.2, 0) is 28.5 Å². The lowest BCUT2D eigenvalue weighted by molar-refractivity contribution is -0.263. The minimum absolute atomic E-state index is 0.0150. The van der Waals surface area contributed by atoms with Crippen molar-refractivity contribution in [3.05, 3.63) is 72.9 Å². The molecule has 0 aliphatic carbocycles. The standard InChI is InChI=1S/C45H74O9/c1-3-5-7-9-11-13-15-17-19-21-23-25-27-29-31-33-42(48)51-37-39(38-52-44-35-40(47)45(50)41(36-46)54-44)53-43(49)34-32-30-28-26-24-22-20-18-16-14-12-10-8-6-4-2/h11-14,17-20,23-26,39-41,44-47,50H,3-10,15-16,21-22,27-38H2,1-2H3/b13-11-,14-12-,19-17-,20-18-,25-23-,26-24-/t39-,40?,41-,44-,45-/m1/s1. The number of esters is 2. The first-order valence-corrected chi connectivity index (χ1v) is 20.9. The van der Waals surface area contributed by atoms with E-state index in [0.717, 1.165) is 64.2 Å². The van der Waals surface area contributed by atoms with Crippen molar-refractivity contribution in [1.29, 1.82) is 0 Å². The summed E-state index contributed by atoms with van der Waals surface area (Å²) >= 11 is 0. The molecule has 1 saturated heterocycles. The first kappa shape index (κ1) is 49.2. The molecular weight excluding hydrogens is 684 g/mol. The monoisotopic (exact) mass is 759 g/mol. The van der Waals surface area contributed by atoms with Crippen molar-refractivity contribution in [3.63, 3.8) is 0 Å². The Labute approximate surface area is 327 Å². The molecule has 0 aromatic rings. The van der Waals surface area contributed by atoms with Crippen molar-refractivity contribution in [3.8, 4) is 0 Å². The SMILES string of the molecule is CCCCC/C=C\C/C=C\C/C=C\CCCCC(=O)OC[C@H](CO[C@H]1CC(O)[C@@H](O)[C@@H](CO)O1)OC(=O)CCCC/C=C\C/C=C\C/C=C\CCCCC. The van der Waals surface area contributed by atoms with Gasteiger partial charge in [0.2, 0.25) is 0 Å². The van der Waals surface area contributed by atoms with E-state index in [0.29, 0.717) is 12.8 Å². The number of hydrogen-bond donors (Lipinski definition) is 3. The second-order valence-electron chi connectivity index (χ2n) is 14.0. The first-order valence-electron chi connectivity index (χ1n) is 20.9. The quantitative estimate of drug-likeness (QED) is 0.0340. The number of allylic oxidation sites excluding steroid dienone is 12. The average Bonchev–Trinajstić information content (AvgIpc) is 3.17. The topological polar surface area (TPSA) is 132 Å². The van der Waals surface area contributed by atoms with Crippen LogP contribution in [0.3, 0.4) is 0 Å². The van der Waals surface area contributed by atoms with E-state index in [1.807, 2.05) is 0 Å². The third-order valence-electron chi connectivity index (χ3n) is 8.95. The maximum atomic E-state index is 12.7. The minimum Gasteiger partial charge on any atom is -0.462 e. The number of unbranched alkanes of at least 4 members (excludes halogenated alkanes) is 10. The first-order chi connectivity index (χ1) is 26.4. The number of ether oxygens (including phenoxy) is 4. The molecule has 1 aliphatic rings. The number of carbonyl (C=O) groups excluding carboxylic acids is 2. The fourth-order valence-electron chi connectivity index (χ4n) is 5.65. The molecule has 308 valence electrons. The van der Waals surface area contributed by atoms with Crippen LogP contribution in [0.25, 0.3) is 0 Å². The Morgan fingerprint density at radius 1 is 0.630 bits per heavy atom. The van der Waals surface area contributed by atoms with Gasteiger partial charge in [-0.1, -0.05) is 112 Å². The van der Waals surface area contributed by atoms with Crippen LogP contribution < -0.4 is 0 Å². The minimum atomic E-state index is -1.23. The van der Waals surface area contributed by atoms with Crippen molar-refractivity contribution >= 4 is 11.9 Å². The molecule has 0 spiro atoms. The van der Waals surface area contributed by atoms with Crippen molar-refractivity contribution in [2.24, 2.45) is 0 Å². The molecule has 9 nitrogen and oxygen atoms in total. The highest BCUT2D eigenvalue weighted by atomic mass is 16.7. The molecule has 1 fully saturated rings. The number of aliphatic hydroxyl groups is 3. The van der Waals surface area contributed by atoms with Gasteiger partial charge < -0.3 is 34.3 Å². The predicted molar refractivity (Wildman–Crippen MR) is 218 cm³/mol. The fourth-order valence-corrected chi connectivity index (χ4v) is 5.65. The van der Waals surface area contributed by atoms with E-state index in [9.17, 15) is 24.9 Å². The molecule has 9 heteroatoms. The summed E-state index contributed by atoms with van der Waals surface area (Å²) in [5.74, 6) is -0.790. The summed E-state index contributed by atoms with van der Waals surface area (Å²) < 4.78 is 22.4. The molecule has 54 heavy (non-hydrogen) atoms. The largest absolute Gasteiger partial charge is 0.462 e. The zero-order chi connectivity index (χ0) is 39.3. The van der Waals surface area contributed by atoms with Gasteiger partial charge in [0.25, 0.3) is 0 Å². The Balaban J connectivity index is 2.39. The molecule has 1 rings (SSSR count). The molecule has 0 amide bonds. The Bertz CT molecular complexity index is 1090. The van der Waals surface area contributed by atoms with Crippen molar-refractivity contribution in [2.45, 2.75) is 179 Å². The lowest BCUT2D eigenvalue weighted by atomic mass is 10.0. The lowest BCUT2D eigenvalue weighted by Gasteiger charge is -2.36. The predicted octanol–water partition coefficient (Wildman–Crippen LogP) is 9.47. The second kappa shape index (κ2) is 35.9. The maximum Gasteiger partial charge on any atom is 0.306 e. The van der Waals surface area contributed by atoms with Gasteiger partial charge in [0.15, 0.2) is 12.4 Å². The number of hydrogen-bond acceptors (Lipinski definition) is 9. The van der Waals surface area contributed by atoms with E-state index in [-0.39, 0.29) is 38.4 Å². The van der Waals surface area contributed by atoms with Crippen LogP contribution in [0.4, 0.5) is 0 Å². The van der Waals surface area contributed by atoms with Gasteiger partial charge in [0.1, 0.15) is 18.8 Å². The van der Waals surface area contributed by atoms with E-state index in [1.54, 1.807) is 0 Å². The highest BCUT2D eigenvalue weighted by Gasteiger charge is 2.37.